The Morgan fingerprint density at radius 1 is 1.27 bits per heavy atom. The number of nitrogens with one attached hydrogen (secondary N) is 1. The van der Waals surface area contributed by atoms with Gasteiger partial charge in [0, 0.05) is 31.9 Å². The molecular weight excluding hydrogens is 336 g/mol. The van der Waals surface area contributed by atoms with Gasteiger partial charge in [0.05, 0.1) is 38.7 Å². The molecule has 144 valence electrons. The average Bonchev–Trinajstić information content (AvgIpc) is 2.70. The van der Waals surface area contributed by atoms with Gasteiger partial charge in [-0.1, -0.05) is 0 Å². The molecule has 1 amide bonds. The van der Waals surface area contributed by atoms with Crippen molar-refractivity contribution in [2.24, 2.45) is 0 Å². The van der Waals surface area contributed by atoms with Crippen LogP contribution in [0.3, 0.4) is 0 Å². The zero-order valence-electron chi connectivity index (χ0n) is 15.5. The summed E-state index contributed by atoms with van der Waals surface area (Å²) in [6.07, 6.45) is 0.651. The molecule has 0 aliphatic carbocycles. The predicted octanol–water partition coefficient (Wildman–Crippen LogP) is 1.46. The minimum absolute atomic E-state index is 0.0369. The summed E-state index contributed by atoms with van der Waals surface area (Å²) in [4.78, 5) is 15.0. The van der Waals surface area contributed by atoms with E-state index < -0.39 is 0 Å². The van der Waals surface area contributed by atoms with E-state index in [9.17, 15) is 4.79 Å². The topological polar surface area (TPSA) is 69.3 Å². The van der Waals surface area contributed by atoms with Gasteiger partial charge in [-0.2, -0.15) is 0 Å². The average molecular weight is 364 g/mol. The Balaban J connectivity index is 1.74. The number of nitrogens with zero attached hydrogens (tertiary/aromatic N) is 1. The van der Waals surface area contributed by atoms with Crippen molar-refractivity contribution in [1.29, 1.82) is 0 Å². The van der Waals surface area contributed by atoms with Gasteiger partial charge in [0.2, 0.25) is 0 Å². The molecule has 0 bridgehead atoms. The standard InChI is InChI=1S/C19H28N2O5/c1-3-26-18-13-25-9-6-15(18)20-19(22)14-4-5-17(23-2)16(12-14)21-7-10-24-11-8-21/h4-5,12,15,18H,3,6-11,13H2,1-2H3,(H,20,22)/t15-,18-/m1/s1. The third-order valence-corrected chi connectivity index (χ3v) is 4.79. The van der Waals surface area contributed by atoms with Crippen LogP contribution in [-0.4, -0.2) is 71.3 Å². The fourth-order valence-electron chi connectivity index (χ4n) is 3.39. The first-order chi connectivity index (χ1) is 12.7. The summed E-state index contributed by atoms with van der Waals surface area (Å²) in [5, 5.41) is 3.11. The highest BCUT2D eigenvalue weighted by Gasteiger charge is 2.28. The molecule has 2 fully saturated rings. The summed E-state index contributed by atoms with van der Waals surface area (Å²) in [6.45, 7) is 6.63. The van der Waals surface area contributed by atoms with E-state index >= 15 is 0 Å². The van der Waals surface area contributed by atoms with Crippen molar-refractivity contribution < 1.29 is 23.7 Å². The molecule has 1 N–H and O–H groups in total. The van der Waals surface area contributed by atoms with E-state index in [1.165, 1.54) is 0 Å². The number of morpholine rings is 1. The largest absolute Gasteiger partial charge is 0.495 e. The van der Waals surface area contributed by atoms with E-state index in [1.807, 2.05) is 19.1 Å². The van der Waals surface area contributed by atoms with Crippen molar-refractivity contribution >= 4 is 11.6 Å². The first-order valence-corrected chi connectivity index (χ1v) is 9.24. The summed E-state index contributed by atoms with van der Waals surface area (Å²) in [5.74, 6) is 0.667. The lowest BCUT2D eigenvalue weighted by Gasteiger charge is -2.32. The SMILES string of the molecule is CCO[C@@H]1COCC[C@H]1NC(=O)c1ccc(OC)c(N2CCOCC2)c1. The molecule has 2 aliphatic heterocycles. The zero-order chi connectivity index (χ0) is 18.4. The van der Waals surface area contributed by atoms with Crippen LogP contribution in [-0.2, 0) is 14.2 Å². The van der Waals surface area contributed by atoms with Gasteiger partial charge in [-0.25, -0.2) is 0 Å². The van der Waals surface area contributed by atoms with Gasteiger partial charge in [-0.3, -0.25) is 4.79 Å². The molecule has 2 aliphatic rings. The number of anilines is 1. The lowest BCUT2D eigenvalue weighted by atomic mass is 10.0. The van der Waals surface area contributed by atoms with Gasteiger partial charge in [-0.05, 0) is 31.5 Å². The number of amides is 1. The van der Waals surface area contributed by atoms with Crippen LogP contribution in [0.5, 0.6) is 5.75 Å². The van der Waals surface area contributed by atoms with Crippen LogP contribution < -0.4 is 15.0 Å². The maximum Gasteiger partial charge on any atom is 0.251 e. The second kappa shape index (κ2) is 9.21. The Hall–Kier alpha value is -1.83. The first-order valence-electron chi connectivity index (χ1n) is 9.24. The van der Waals surface area contributed by atoms with Crippen LogP contribution in [0, 0.1) is 0 Å². The van der Waals surface area contributed by atoms with Crippen molar-refractivity contribution in [3.63, 3.8) is 0 Å². The fraction of sp³-hybridized carbons (Fsp3) is 0.632. The summed E-state index contributed by atoms with van der Waals surface area (Å²) < 4.78 is 22.1. The van der Waals surface area contributed by atoms with Gasteiger partial charge in [-0.15, -0.1) is 0 Å². The number of carbonyl (C=O) groups is 1. The van der Waals surface area contributed by atoms with Crippen LogP contribution in [0.25, 0.3) is 0 Å². The summed E-state index contributed by atoms with van der Waals surface area (Å²) >= 11 is 0. The lowest BCUT2D eigenvalue weighted by molar-refractivity contribution is -0.0632. The number of carbonyl (C=O) groups excluding carboxylic acids is 1. The van der Waals surface area contributed by atoms with Gasteiger partial charge >= 0.3 is 0 Å². The number of hydrogen-bond acceptors (Lipinski definition) is 6. The minimum Gasteiger partial charge on any atom is -0.495 e. The van der Waals surface area contributed by atoms with Crippen LogP contribution >= 0.6 is 0 Å². The van der Waals surface area contributed by atoms with Crippen LogP contribution in [0.4, 0.5) is 5.69 Å². The number of ether oxygens (including phenoxy) is 4. The second-order valence-electron chi connectivity index (χ2n) is 6.42. The molecule has 26 heavy (non-hydrogen) atoms. The van der Waals surface area contributed by atoms with Crippen molar-refractivity contribution in [2.45, 2.75) is 25.5 Å². The summed E-state index contributed by atoms with van der Waals surface area (Å²) in [7, 11) is 1.65. The molecule has 2 heterocycles. The molecule has 3 rings (SSSR count). The minimum atomic E-state index is -0.102. The van der Waals surface area contributed by atoms with Crippen molar-refractivity contribution in [3.8, 4) is 5.75 Å². The van der Waals surface area contributed by atoms with Gasteiger partial charge < -0.3 is 29.2 Å². The molecule has 0 spiro atoms. The molecule has 1 aromatic carbocycles. The van der Waals surface area contributed by atoms with E-state index in [0.29, 0.717) is 38.6 Å². The molecule has 2 saturated heterocycles. The molecule has 0 radical (unpaired) electrons. The first kappa shape index (κ1) is 18.9. The molecule has 7 heteroatoms. The van der Waals surface area contributed by atoms with E-state index in [-0.39, 0.29) is 18.1 Å². The van der Waals surface area contributed by atoms with Gasteiger partial charge in [0.1, 0.15) is 11.9 Å². The van der Waals surface area contributed by atoms with Gasteiger partial charge in [0.15, 0.2) is 0 Å². The highest BCUT2D eigenvalue weighted by Crippen LogP contribution is 2.30. The molecule has 2 atom stereocenters. The Morgan fingerprint density at radius 3 is 2.81 bits per heavy atom. The second-order valence-corrected chi connectivity index (χ2v) is 6.42. The van der Waals surface area contributed by atoms with E-state index in [2.05, 4.69) is 10.2 Å². The summed E-state index contributed by atoms with van der Waals surface area (Å²) in [6, 6.07) is 5.51. The van der Waals surface area contributed by atoms with Crippen LogP contribution in [0.2, 0.25) is 0 Å². The van der Waals surface area contributed by atoms with E-state index in [4.69, 9.17) is 18.9 Å². The van der Waals surface area contributed by atoms with Gasteiger partial charge in [0.25, 0.3) is 5.91 Å². The van der Waals surface area contributed by atoms with Crippen molar-refractivity contribution in [3.05, 3.63) is 23.8 Å². The third-order valence-electron chi connectivity index (χ3n) is 4.79. The molecule has 0 unspecified atom stereocenters. The Morgan fingerprint density at radius 2 is 2.08 bits per heavy atom. The predicted molar refractivity (Wildman–Crippen MR) is 98.1 cm³/mol. The lowest BCUT2D eigenvalue weighted by Crippen LogP contribution is -2.50. The normalized spacial score (nSPS) is 23.5. The third kappa shape index (κ3) is 4.47. The molecule has 0 saturated carbocycles. The zero-order valence-corrected chi connectivity index (χ0v) is 15.5. The fourth-order valence-corrected chi connectivity index (χ4v) is 3.39. The molecule has 0 aromatic heterocycles. The Bertz CT molecular complexity index is 602. The molecule has 1 aromatic rings. The monoisotopic (exact) mass is 364 g/mol. The maximum atomic E-state index is 12.8. The number of benzene rings is 1. The van der Waals surface area contributed by atoms with Crippen LogP contribution in [0.15, 0.2) is 18.2 Å². The Kier molecular flexibility index (Phi) is 6.71. The number of rotatable bonds is 6. The molecular formula is C19H28N2O5. The highest BCUT2D eigenvalue weighted by molar-refractivity contribution is 5.96. The summed E-state index contributed by atoms with van der Waals surface area (Å²) in [5.41, 5.74) is 1.55. The van der Waals surface area contributed by atoms with Crippen LogP contribution in [0.1, 0.15) is 23.7 Å². The van der Waals surface area contributed by atoms with Crippen molar-refractivity contribution in [2.75, 3.05) is 58.1 Å². The maximum absolute atomic E-state index is 12.8. The highest BCUT2D eigenvalue weighted by atomic mass is 16.5. The van der Waals surface area contributed by atoms with E-state index in [1.54, 1.807) is 13.2 Å². The quantitative estimate of drug-likeness (QED) is 0.824. The number of methoxy groups -OCH3 is 1. The Labute approximate surface area is 154 Å². The smallest absolute Gasteiger partial charge is 0.251 e. The molecule has 7 nitrogen and oxygen atoms in total. The van der Waals surface area contributed by atoms with Crippen molar-refractivity contribution in [1.82, 2.24) is 5.32 Å². The number of hydrogen-bond donors (Lipinski definition) is 1. The van der Waals surface area contributed by atoms with E-state index in [0.717, 1.165) is 30.9 Å².